The van der Waals surface area contributed by atoms with E-state index in [1.807, 2.05) is 19.1 Å². The first-order valence-corrected chi connectivity index (χ1v) is 9.65. The molecule has 3 rings (SSSR count). The third-order valence-electron chi connectivity index (χ3n) is 4.68. The number of anilines is 2. The van der Waals surface area contributed by atoms with Crippen molar-refractivity contribution in [1.82, 2.24) is 15.3 Å². The molecule has 0 spiro atoms. The fourth-order valence-corrected chi connectivity index (χ4v) is 3.02. The summed E-state index contributed by atoms with van der Waals surface area (Å²) < 4.78 is 27.8. The Morgan fingerprint density at radius 1 is 1.19 bits per heavy atom. The number of aryl methyl sites for hydroxylation is 1. The highest BCUT2D eigenvalue weighted by atomic mass is 35.5. The Hall–Kier alpha value is -3.00. The highest BCUT2D eigenvalue weighted by Gasteiger charge is 2.16. The third kappa shape index (κ3) is 6.24. The summed E-state index contributed by atoms with van der Waals surface area (Å²) in [5.74, 6) is 0.157. The maximum Gasteiger partial charge on any atom is 0.319 e. The molecule has 0 aliphatic rings. The van der Waals surface area contributed by atoms with Gasteiger partial charge >= 0.3 is 6.03 Å². The zero-order valence-corrected chi connectivity index (χ0v) is 18.7. The van der Waals surface area contributed by atoms with E-state index < -0.39 is 17.5 Å². The molecule has 31 heavy (non-hydrogen) atoms. The Labute approximate surface area is 186 Å². The Balaban J connectivity index is 0.00000341. The fraction of sp³-hybridized carbons (Fsp3) is 0.318. The molecule has 6 nitrogen and oxygen atoms in total. The summed E-state index contributed by atoms with van der Waals surface area (Å²) in [6, 6.07) is 7.68. The molecule has 0 fully saturated rings. The Morgan fingerprint density at radius 2 is 1.94 bits per heavy atom. The minimum atomic E-state index is -1.39. The molecular weight excluding hydrogens is 424 g/mol. The second kappa shape index (κ2) is 9.87. The van der Waals surface area contributed by atoms with Crippen LogP contribution in [-0.2, 0) is 0 Å². The average Bonchev–Trinajstić information content (AvgIpc) is 2.67. The number of urea groups is 1. The minimum Gasteiger partial charge on any atom is -0.373 e. The summed E-state index contributed by atoms with van der Waals surface area (Å²) in [7, 11) is 1.79. The molecule has 0 bridgehead atoms. The van der Waals surface area contributed by atoms with Crippen molar-refractivity contribution in [3.63, 3.8) is 0 Å². The van der Waals surface area contributed by atoms with Crippen molar-refractivity contribution in [3.05, 3.63) is 48.0 Å². The first-order chi connectivity index (χ1) is 14.2. The van der Waals surface area contributed by atoms with E-state index in [9.17, 15) is 13.6 Å². The number of fused-ring (bicyclic) bond motifs is 1. The Bertz CT molecular complexity index is 1090. The number of carbonyl (C=O) groups excluding carboxylic acids is 1. The van der Waals surface area contributed by atoms with Crippen LogP contribution in [0.5, 0.6) is 0 Å². The number of alkyl halides is 1. The van der Waals surface area contributed by atoms with Crippen molar-refractivity contribution < 1.29 is 13.6 Å². The molecule has 0 saturated carbocycles. The zero-order valence-electron chi connectivity index (χ0n) is 17.8. The molecule has 0 aliphatic carbocycles. The molecule has 2 aromatic heterocycles. The van der Waals surface area contributed by atoms with Crippen LogP contribution in [-0.4, -0.2) is 35.3 Å². The quantitative estimate of drug-likeness (QED) is 0.466. The molecule has 0 unspecified atom stereocenters. The number of amides is 2. The average molecular weight is 450 g/mol. The predicted molar refractivity (Wildman–Crippen MR) is 123 cm³/mol. The number of hydrogen-bond acceptors (Lipinski definition) is 4. The van der Waals surface area contributed by atoms with Crippen LogP contribution in [0.1, 0.15) is 26.0 Å². The van der Waals surface area contributed by atoms with Gasteiger partial charge in [-0.3, -0.25) is 4.98 Å². The fourth-order valence-electron chi connectivity index (χ4n) is 3.02. The number of halogens is 3. The maximum absolute atomic E-state index is 14.3. The number of rotatable bonds is 6. The van der Waals surface area contributed by atoms with Crippen molar-refractivity contribution in [2.45, 2.75) is 32.9 Å². The van der Waals surface area contributed by atoms with Gasteiger partial charge in [0.05, 0.1) is 11.2 Å². The van der Waals surface area contributed by atoms with Crippen LogP contribution >= 0.6 is 12.4 Å². The normalized spacial score (nSPS) is 11.0. The SMILES string of the molecule is CNc1cc2nc(C)c(-c3ccc(F)c(NC(=O)NCCC(C)(C)F)c3)cc2cn1.Cl. The monoisotopic (exact) mass is 449 g/mol. The summed E-state index contributed by atoms with van der Waals surface area (Å²) in [6.45, 7) is 4.89. The molecule has 0 radical (unpaired) electrons. The van der Waals surface area contributed by atoms with Crippen LogP contribution in [0.3, 0.4) is 0 Å². The highest BCUT2D eigenvalue weighted by Crippen LogP contribution is 2.30. The molecule has 0 aliphatic heterocycles. The number of pyridine rings is 2. The van der Waals surface area contributed by atoms with Crippen molar-refractivity contribution in [2.24, 2.45) is 0 Å². The van der Waals surface area contributed by atoms with Gasteiger partial charge in [0.1, 0.15) is 17.3 Å². The lowest BCUT2D eigenvalue weighted by molar-refractivity contribution is 0.200. The van der Waals surface area contributed by atoms with Crippen molar-refractivity contribution >= 4 is 40.8 Å². The molecule has 2 heterocycles. The molecule has 9 heteroatoms. The molecule has 0 saturated heterocycles. The minimum absolute atomic E-state index is 0. The lowest BCUT2D eigenvalue weighted by atomic mass is 10.0. The van der Waals surface area contributed by atoms with Crippen LogP contribution < -0.4 is 16.0 Å². The first kappa shape index (κ1) is 24.3. The van der Waals surface area contributed by atoms with Gasteiger partial charge in [-0.25, -0.2) is 18.6 Å². The Kier molecular flexibility index (Phi) is 7.73. The van der Waals surface area contributed by atoms with Crippen LogP contribution in [0.25, 0.3) is 22.0 Å². The summed E-state index contributed by atoms with van der Waals surface area (Å²) in [6.07, 6.45) is 1.88. The van der Waals surface area contributed by atoms with Gasteiger partial charge in [0.2, 0.25) is 0 Å². The topological polar surface area (TPSA) is 78.9 Å². The van der Waals surface area contributed by atoms with E-state index in [4.69, 9.17) is 0 Å². The van der Waals surface area contributed by atoms with Crippen LogP contribution in [0.2, 0.25) is 0 Å². The lowest BCUT2D eigenvalue weighted by Crippen LogP contribution is -2.32. The van der Waals surface area contributed by atoms with Crippen molar-refractivity contribution in [3.8, 4) is 11.1 Å². The van der Waals surface area contributed by atoms with Crippen LogP contribution in [0.15, 0.2) is 36.5 Å². The van der Waals surface area contributed by atoms with Crippen LogP contribution in [0.4, 0.5) is 25.1 Å². The molecule has 3 N–H and O–H groups in total. The van der Waals surface area contributed by atoms with Gasteiger partial charge in [0.25, 0.3) is 0 Å². The summed E-state index contributed by atoms with van der Waals surface area (Å²) in [5.41, 5.74) is 1.73. The van der Waals surface area contributed by atoms with Crippen molar-refractivity contribution in [2.75, 3.05) is 24.2 Å². The first-order valence-electron chi connectivity index (χ1n) is 9.65. The number of nitrogens with zero attached hydrogens (tertiary/aromatic N) is 2. The third-order valence-corrected chi connectivity index (χ3v) is 4.68. The summed E-state index contributed by atoms with van der Waals surface area (Å²) in [4.78, 5) is 21.0. The largest absolute Gasteiger partial charge is 0.373 e. The van der Waals surface area contributed by atoms with E-state index in [0.717, 1.165) is 28.0 Å². The maximum atomic E-state index is 14.3. The number of nitrogens with one attached hydrogen (secondary N) is 3. The number of aromatic nitrogens is 2. The molecule has 3 aromatic rings. The van der Waals surface area contributed by atoms with Gasteiger partial charge in [-0.1, -0.05) is 6.07 Å². The van der Waals surface area contributed by atoms with Crippen LogP contribution in [0, 0.1) is 12.7 Å². The molecule has 2 amide bonds. The summed E-state index contributed by atoms with van der Waals surface area (Å²) >= 11 is 0. The van der Waals surface area contributed by atoms with E-state index in [-0.39, 0.29) is 31.1 Å². The van der Waals surface area contributed by atoms with Gasteiger partial charge in [-0.05, 0) is 51.0 Å². The number of carbonyl (C=O) groups is 1. The lowest BCUT2D eigenvalue weighted by Gasteiger charge is -2.15. The van der Waals surface area contributed by atoms with E-state index in [1.54, 1.807) is 25.4 Å². The van der Waals surface area contributed by atoms with Gasteiger partial charge in [0, 0.05) is 42.5 Å². The summed E-state index contributed by atoms with van der Waals surface area (Å²) in [5, 5.41) is 8.85. The standard InChI is InChI=1S/C22H25F2N5O.ClH/c1-13-16(9-15-12-27-20(25-4)11-18(15)28-13)14-5-6-17(23)19(10-14)29-21(30)26-8-7-22(2,3)24;/h5-6,9-12H,7-8H2,1-4H3,(H,25,27)(H2,26,29,30);1H. The molecule has 0 atom stereocenters. The van der Waals surface area contributed by atoms with E-state index in [0.29, 0.717) is 5.56 Å². The van der Waals surface area contributed by atoms with E-state index in [1.165, 1.54) is 19.9 Å². The number of benzene rings is 1. The van der Waals surface area contributed by atoms with E-state index in [2.05, 4.69) is 25.9 Å². The van der Waals surface area contributed by atoms with Crippen molar-refractivity contribution in [1.29, 1.82) is 0 Å². The smallest absolute Gasteiger partial charge is 0.319 e. The van der Waals surface area contributed by atoms with Gasteiger partial charge in [0.15, 0.2) is 0 Å². The van der Waals surface area contributed by atoms with E-state index >= 15 is 0 Å². The number of hydrogen-bond donors (Lipinski definition) is 3. The highest BCUT2D eigenvalue weighted by molar-refractivity contribution is 5.91. The van der Waals surface area contributed by atoms with Gasteiger partial charge in [-0.15, -0.1) is 12.4 Å². The molecule has 1 aromatic carbocycles. The second-order valence-electron chi connectivity index (χ2n) is 7.68. The Morgan fingerprint density at radius 3 is 2.61 bits per heavy atom. The zero-order chi connectivity index (χ0) is 21.9. The second-order valence-corrected chi connectivity index (χ2v) is 7.68. The van der Waals surface area contributed by atoms with Gasteiger partial charge < -0.3 is 16.0 Å². The van der Waals surface area contributed by atoms with Gasteiger partial charge in [-0.2, -0.15) is 0 Å². The predicted octanol–water partition coefficient (Wildman–Crippen LogP) is 5.47. The molecular formula is C22H26ClF2N5O. The molecule has 166 valence electrons.